The number of benzene rings is 1. The number of rotatable bonds is 4. The minimum Gasteiger partial charge on any atom is -0.504 e. The maximum Gasteiger partial charge on any atom is 0.251 e. The van der Waals surface area contributed by atoms with Crippen LogP contribution in [0.1, 0.15) is 16.8 Å². The van der Waals surface area contributed by atoms with E-state index in [1.54, 1.807) is 0 Å². The van der Waals surface area contributed by atoms with Crippen molar-refractivity contribution in [3.63, 3.8) is 0 Å². The number of nitrogens with one attached hydrogen (secondary N) is 1. The number of carbonyl (C=O) groups is 1. The monoisotopic (exact) mass is 273 g/mol. The molecule has 1 rings (SSSR count). The molecule has 1 aromatic carbocycles. The fourth-order valence-electron chi connectivity index (χ4n) is 1.04. The lowest BCUT2D eigenvalue weighted by Crippen LogP contribution is -2.24. The van der Waals surface area contributed by atoms with Gasteiger partial charge in [-0.15, -0.1) is 0 Å². The lowest BCUT2D eigenvalue weighted by Gasteiger charge is -2.04. The van der Waals surface area contributed by atoms with Gasteiger partial charge in [0.2, 0.25) is 0 Å². The molecule has 0 saturated carbocycles. The fourth-order valence-corrected chi connectivity index (χ4v) is 1.32. The third-order valence-electron chi connectivity index (χ3n) is 1.83. The van der Waals surface area contributed by atoms with Gasteiger partial charge in [0.05, 0.1) is 0 Å². The number of aromatic hydroxyl groups is 2. The summed E-state index contributed by atoms with van der Waals surface area (Å²) in [5.74, 6) is -0.776. The minimum absolute atomic E-state index is 0.230. The van der Waals surface area contributed by atoms with Gasteiger partial charge in [-0.1, -0.05) is 15.9 Å². The number of halogens is 1. The van der Waals surface area contributed by atoms with Gasteiger partial charge in [-0.25, -0.2) is 0 Å². The lowest BCUT2D eigenvalue weighted by molar-refractivity contribution is 0.0953. The van der Waals surface area contributed by atoms with E-state index >= 15 is 0 Å². The molecule has 0 bridgehead atoms. The van der Waals surface area contributed by atoms with Gasteiger partial charge >= 0.3 is 0 Å². The van der Waals surface area contributed by atoms with E-state index in [-0.39, 0.29) is 17.4 Å². The topological polar surface area (TPSA) is 69.6 Å². The van der Waals surface area contributed by atoms with Crippen LogP contribution in [-0.4, -0.2) is 28.0 Å². The first-order chi connectivity index (χ1) is 7.15. The van der Waals surface area contributed by atoms with Crippen LogP contribution < -0.4 is 5.32 Å². The number of alkyl halides is 1. The van der Waals surface area contributed by atoms with Crippen LogP contribution in [0.4, 0.5) is 0 Å². The Morgan fingerprint density at radius 3 is 2.67 bits per heavy atom. The van der Waals surface area contributed by atoms with E-state index in [0.717, 1.165) is 11.8 Å². The first-order valence-corrected chi connectivity index (χ1v) is 5.63. The Morgan fingerprint density at radius 2 is 2.07 bits per heavy atom. The van der Waals surface area contributed by atoms with Crippen molar-refractivity contribution >= 4 is 21.8 Å². The molecule has 0 aliphatic carbocycles. The summed E-state index contributed by atoms with van der Waals surface area (Å²) in [6.07, 6.45) is 0.843. The fraction of sp³-hybridized carbons (Fsp3) is 0.300. The van der Waals surface area contributed by atoms with Gasteiger partial charge < -0.3 is 15.5 Å². The molecule has 0 spiro atoms. The molecule has 4 nitrogen and oxygen atoms in total. The van der Waals surface area contributed by atoms with Crippen LogP contribution >= 0.6 is 15.9 Å². The van der Waals surface area contributed by atoms with E-state index in [1.165, 1.54) is 18.2 Å². The molecule has 82 valence electrons. The predicted octanol–water partition coefficient (Wildman–Crippen LogP) is 1.61. The van der Waals surface area contributed by atoms with E-state index < -0.39 is 0 Å². The number of amides is 1. The highest BCUT2D eigenvalue weighted by Crippen LogP contribution is 2.24. The predicted molar refractivity (Wildman–Crippen MR) is 60.5 cm³/mol. The molecule has 0 heterocycles. The third-order valence-corrected chi connectivity index (χ3v) is 2.39. The summed E-state index contributed by atoms with van der Waals surface area (Å²) in [7, 11) is 0. The van der Waals surface area contributed by atoms with Crippen molar-refractivity contribution in [3.05, 3.63) is 23.8 Å². The smallest absolute Gasteiger partial charge is 0.251 e. The Hall–Kier alpha value is -1.23. The summed E-state index contributed by atoms with van der Waals surface area (Å²) in [6, 6.07) is 3.98. The van der Waals surface area contributed by atoms with Crippen LogP contribution in [0.5, 0.6) is 11.5 Å². The number of hydrogen-bond acceptors (Lipinski definition) is 3. The van der Waals surface area contributed by atoms with Crippen LogP contribution in [-0.2, 0) is 0 Å². The van der Waals surface area contributed by atoms with E-state index in [0.29, 0.717) is 12.1 Å². The molecule has 0 saturated heterocycles. The van der Waals surface area contributed by atoms with Crippen molar-refractivity contribution in [1.29, 1.82) is 0 Å². The summed E-state index contributed by atoms with van der Waals surface area (Å²) < 4.78 is 0. The number of phenols is 2. The molecule has 0 fully saturated rings. The normalized spacial score (nSPS) is 9.93. The van der Waals surface area contributed by atoms with Crippen LogP contribution in [0, 0.1) is 0 Å². The highest BCUT2D eigenvalue weighted by Gasteiger charge is 2.07. The molecule has 0 radical (unpaired) electrons. The lowest BCUT2D eigenvalue weighted by atomic mass is 10.2. The molecule has 0 aliphatic rings. The molecule has 0 unspecified atom stereocenters. The Bertz CT molecular complexity index is 355. The molecule has 0 atom stereocenters. The Labute approximate surface area is 96.1 Å². The van der Waals surface area contributed by atoms with Crippen molar-refractivity contribution < 1.29 is 15.0 Å². The van der Waals surface area contributed by atoms with Crippen molar-refractivity contribution in [2.24, 2.45) is 0 Å². The zero-order valence-electron chi connectivity index (χ0n) is 8.03. The molecule has 5 heteroatoms. The van der Waals surface area contributed by atoms with Crippen LogP contribution in [0.3, 0.4) is 0 Å². The van der Waals surface area contributed by atoms with Crippen LogP contribution in [0.15, 0.2) is 18.2 Å². The molecular weight excluding hydrogens is 262 g/mol. The second-order valence-electron chi connectivity index (χ2n) is 3.00. The second kappa shape index (κ2) is 5.60. The molecule has 1 aromatic rings. The van der Waals surface area contributed by atoms with Crippen LogP contribution in [0.2, 0.25) is 0 Å². The number of phenolic OH excluding ortho intramolecular Hbond substituents is 2. The quantitative estimate of drug-likeness (QED) is 0.444. The Balaban J connectivity index is 2.62. The highest BCUT2D eigenvalue weighted by atomic mass is 79.9. The first kappa shape index (κ1) is 11.8. The summed E-state index contributed by atoms with van der Waals surface area (Å²) in [5, 5.41) is 21.7. The number of carbonyl (C=O) groups excluding carboxylic acids is 1. The standard InChI is InChI=1S/C10H12BrNO3/c11-4-1-5-12-10(15)7-2-3-8(13)9(14)6-7/h2-3,6,13-14H,1,4-5H2,(H,12,15). The second-order valence-corrected chi connectivity index (χ2v) is 3.79. The molecular formula is C10H12BrNO3. The first-order valence-electron chi connectivity index (χ1n) is 4.51. The van der Waals surface area contributed by atoms with E-state index in [9.17, 15) is 9.90 Å². The van der Waals surface area contributed by atoms with Gasteiger partial charge in [0.1, 0.15) is 0 Å². The van der Waals surface area contributed by atoms with E-state index in [4.69, 9.17) is 5.11 Å². The molecule has 1 amide bonds. The highest BCUT2D eigenvalue weighted by molar-refractivity contribution is 9.09. The largest absolute Gasteiger partial charge is 0.504 e. The van der Waals surface area contributed by atoms with Gasteiger partial charge in [-0.3, -0.25) is 4.79 Å². The molecule has 3 N–H and O–H groups in total. The van der Waals surface area contributed by atoms with Crippen molar-refractivity contribution in [3.8, 4) is 11.5 Å². The Morgan fingerprint density at radius 1 is 1.33 bits per heavy atom. The van der Waals surface area contributed by atoms with Crippen molar-refractivity contribution in [1.82, 2.24) is 5.32 Å². The van der Waals surface area contributed by atoms with E-state index in [1.807, 2.05) is 0 Å². The van der Waals surface area contributed by atoms with Gasteiger partial charge in [0.15, 0.2) is 11.5 Å². The Kier molecular flexibility index (Phi) is 4.42. The number of hydrogen-bond donors (Lipinski definition) is 3. The van der Waals surface area contributed by atoms with Crippen molar-refractivity contribution in [2.45, 2.75) is 6.42 Å². The summed E-state index contributed by atoms with van der Waals surface area (Å²) in [6.45, 7) is 0.575. The summed E-state index contributed by atoms with van der Waals surface area (Å²) >= 11 is 3.25. The maximum absolute atomic E-state index is 11.5. The average Bonchev–Trinajstić information content (AvgIpc) is 2.22. The zero-order chi connectivity index (χ0) is 11.3. The maximum atomic E-state index is 11.5. The van der Waals surface area contributed by atoms with E-state index in [2.05, 4.69) is 21.2 Å². The minimum atomic E-state index is -0.289. The average molecular weight is 274 g/mol. The van der Waals surface area contributed by atoms with Gasteiger partial charge in [0.25, 0.3) is 5.91 Å². The SMILES string of the molecule is O=C(NCCCBr)c1ccc(O)c(O)c1. The molecule has 0 aliphatic heterocycles. The third kappa shape index (κ3) is 3.43. The zero-order valence-corrected chi connectivity index (χ0v) is 9.62. The van der Waals surface area contributed by atoms with Crippen LogP contribution in [0.25, 0.3) is 0 Å². The summed E-state index contributed by atoms with van der Waals surface area (Å²) in [5.41, 5.74) is 0.333. The van der Waals surface area contributed by atoms with Crippen molar-refractivity contribution in [2.75, 3.05) is 11.9 Å². The van der Waals surface area contributed by atoms with Gasteiger partial charge in [-0.2, -0.15) is 0 Å². The molecule has 0 aromatic heterocycles. The molecule has 15 heavy (non-hydrogen) atoms. The summed E-state index contributed by atoms with van der Waals surface area (Å²) in [4.78, 5) is 11.5. The van der Waals surface area contributed by atoms with Gasteiger partial charge in [0, 0.05) is 17.4 Å². The van der Waals surface area contributed by atoms with Gasteiger partial charge in [-0.05, 0) is 24.6 Å².